The van der Waals surface area contributed by atoms with Gasteiger partial charge in [0.05, 0.1) is 28.2 Å². The number of halogens is 1. The van der Waals surface area contributed by atoms with Crippen LogP contribution in [0.25, 0.3) is 11.1 Å². The van der Waals surface area contributed by atoms with E-state index in [0.717, 1.165) is 35.4 Å². The highest BCUT2D eigenvalue weighted by Crippen LogP contribution is 2.32. The van der Waals surface area contributed by atoms with Crippen LogP contribution in [0.1, 0.15) is 20.7 Å². The lowest BCUT2D eigenvalue weighted by atomic mass is 10.1. The minimum Gasteiger partial charge on any atom is -0.755 e. The molecule has 0 bridgehead atoms. The van der Waals surface area contributed by atoms with E-state index in [9.17, 15) is 27.8 Å². The maximum atomic E-state index is 13.3. The summed E-state index contributed by atoms with van der Waals surface area (Å²) in [7, 11) is 0. The molecule has 176 valence electrons. The molecule has 2 N–H and O–H groups in total. The predicted molar refractivity (Wildman–Crippen MR) is 131 cm³/mol. The van der Waals surface area contributed by atoms with E-state index in [4.69, 9.17) is 0 Å². The van der Waals surface area contributed by atoms with Gasteiger partial charge in [-0.2, -0.15) is 0 Å². The summed E-state index contributed by atoms with van der Waals surface area (Å²) >= 11 is -2.95. The Morgan fingerprint density at radius 2 is 1.49 bits per heavy atom. The number of carboxylic acid groups (broad SMARTS) is 1. The zero-order valence-corrected chi connectivity index (χ0v) is 18.9. The van der Waals surface area contributed by atoms with E-state index in [0.29, 0.717) is 9.99 Å². The van der Waals surface area contributed by atoms with E-state index < -0.39 is 29.0 Å². The Morgan fingerprint density at radius 3 is 2.09 bits per heavy atom. The van der Waals surface area contributed by atoms with Crippen LogP contribution in [0.3, 0.4) is 0 Å². The molecule has 7 nitrogen and oxygen atoms in total. The number of carbonyl (C=O) groups is 2. The Kier molecular flexibility index (Phi) is 7.00. The van der Waals surface area contributed by atoms with Crippen molar-refractivity contribution in [3.8, 4) is 11.1 Å². The number of hydrogen-bond donors (Lipinski definition) is 2. The molecule has 0 saturated heterocycles. The van der Waals surface area contributed by atoms with Crippen molar-refractivity contribution in [2.45, 2.75) is 0 Å². The van der Waals surface area contributed by atoms with Gasteiger partial charge < -0.3 is 15.0 Å². The minimum absolute atomic E-state index is 0.0105. The van der Waals surface area contributed by atoms with Crippen LogP contribution in [0, 0.1) is 5.82 Å². The summed E-state index contributed by atoms with van der Waals surface area (Å²) in [5.74, 6) is -2.54. The number of aromatic carboxylic acids is 1. The molecule has 4 rings (SSSR count). The van der Waals surface area contributed by atoms with Crippen LogP contribution >= 0.6 is 0 Å². The van der Waals surface area contributed by atoms with E-state index >= 15 is 0 Å². The van der Waals surface area contributed by atoms with Gasteiger partial charge in [0.1, 0.15) is 5.82 Å². The third-order valence-corrected chi connectivity index (χ3v) is 5.87. The van der Waals surface area contributed by atoms with E-state index in [-0.39, 0.29) is 22.5 Å². The van der Waals surface area contributed by atoms with Crippen molar-refractivity contribution in [2.24, 2.45) is 0 Å². The molecular formula is C26H18FN2O5S-. The van der Waals surface area contributed by atoms with Gasteiger partial charge in [-0.25, -0.2) is 9.18 Å². The van der Waals surface area contributed by atoms with Crippen LogP contribution in [0.5, 0.6) is 0 Å². The predicted octanol–water partition coefficient (Wildman–Crippen LogP) is 5.38. The molecule has 0 heterocycles. The highest BCUT2D eigenvalue weighted by Gasteiger charge is 2.21. The van der Waals surface area contributed by atoms with Crippen molar-refractivity contribution in [3.05, 3.63) is 114 Å². The Morgan fingerprint density at radius 1 is 0.857 bits per heavy atom. The molecule has 4 aromatic carbocycles. The van der Waals surface area contributed by atoms with Crippen LogP contribution in [-0.4, -0.2) is 25.7 Å². The van der Waals surface area contributed by atoms with Crippen LogP contribution in [0.4, 0.5) is 21.5 Å². The van der Waals surface area contributed by atoms with Gasteiger partial charge in [0, 0.05) is 11.3 Å². The number of rotatable bonds is 7. The molecule has 0 aromatic heterocycles. The summed E-state index contributed by atoms with van der Waals surface area (Å²) in [5, 5.41) is 12.3. The van der Waals surface area contributed by atoms with Crippen LogP contribution in [0.2, 0.25) is 0 Å². The Balaban J connectivity index is 1.64. The first kappa shape index (κ1) is 23.8. The van der Waals surface area contributed by atoms with E-state index in [1.54, 1.807) is 12.1 Å². The topological polar surface area (TPSA) is 110 Å². The fourth-order valence-corrected chi connectivity index (χ4v) is 4.09. The molecule has 0 radical (unpaired) electrons. The van der Waals surface area contributed by atoms with Crippen LogP contribution < -0.4 is 9.62 Å². The van der Waals surface area contributed by atoms with E-state index in [1.807, 2.05) is 42.5 Å². The van der Waals surface area contributed by atoms with Gasteiger partial charge in [0.2, 0.25) is 0 Å². The lowest BCUT2D eigenvalue weighted by molar-refractivity contribution is 0.0697. The Hall–Kier alpha value is -4.34. The lowest BCUT2D eigenvalue weighted by Crippen LogP contribution is -2.23. The molecule has 0 fully saturated rings. The molecular weight excluding hydrogens is 471 g/mol. The van der Waals surface area contributed by atoms with E-state index in [1.165, 1.54) is 18.2 Å². The van der Waals surface area contributed by atoms with Gasteiger partial charge in [-0.05, 0) is 65.7 Å². The highest BCUT2D eigenvalue weighted by molar-refractivity contribution is 7.81. The van der Waals surface area contributed by atoms with Gasteiger partial charge in [-0.1, -0.05) is 42.5 Å². The fourth-order valence-electron chi connectivity index (χ4n) is 3.48. The summed E-state index contributed by atoms with van der Waals surface area (Å²) < 4.78 is 38.1. The Bertz CT molecular complexity index is 1390. The number of hydrogen-bond acceptors (Lipinski definition) is 4. The largest absolute Gasteiger partial charge is 0.755 e. The Labute approximate surface area is 202 Å². The monoisotopic (exact) mass is 489 g/mol. The highest BCUT2D eigenvalue weighted by atomic mass is 32.2. The van der Waals surface area contributed by atoms with Crippen molar-refractivity contribution in [2.75, 3.05) is 9.62 Å². The van der Waals surface area contributed by atoms with Crippen molar-refractivity contribution >= 4 is 40.2 Å². The first-order valence-electron chi connectivity index (χ1n) is 10.3. The summed E-state index contributed by atoms with van der Waals surface area (Å²) in [4.78, 5) is 24.7. The number of carbonyl (C=O) groups excluding carboxylic acids is 1. The van der Waals surface area contributed by atoms with E-state index in [2.05, 4.69) is 5.32 Å². The molecule has 1 atom stereocenters. The second-order valence-electron chi connectivity index (χ2n) is 7.42. The van der Waals surface area contributed by atoms with Gasteiger partial charge in [0.25, 0.3) is 5.91 Å². The number of carboxylic acids is 1. The molecule has 0 aliphatic rings. The molecule has 1 amide bonds. The van der Waals surface area contributed by atoms with Crippen molar-refractivity contribution in [1.82, 2.24) is 0 Å². The third-order valence-electron chi connectivity index (χ3n) is 5.17. The maximum Gasteiger partial charge on any atom is 0.337 e. The van der Waals surface area contributed by atoms with Gasteiger partial charge in [-0.3, -0.25) is 13.3 Å². The van der Waals surface area contributed by atoms with Crippen molar-refractivity contribution in [1.29, 1.82) is 0 Å². The summed E-state index contributed by atoms with van der Waals surface area (Å²) in [5.41, 5.74) is 1.93. The van der Waals surface area contributed by atoms with Gasteiger partial charge >= 0.3 is 5.97 Å². The fraction of sp³-hybridized carbons (Fsp3) is 0. The zero-order valence-electron chi connectivity index (χ0n) is 18.1. The number of nitrogens with zero attached hydrogens (tertiary/aromatic N) is 1. The SMILES string of the molecule is O=C(Nc1ccc(-c2ccccc2)cc1)c1ccc(C(=O)O)c(N(c2ccc(F)cc2)S(=O)[O-])c1. The minimum atomic E-state index is -2.95. The molecule has 0 aliphatic carbocycles. The van der Waals surface area contributed by atoms with Crippen molar-refractivity contribution in [3.63, 3.8) is 0 Å². The van der Waals surface area contributed by atoms with Gasteiger partial charge in [0.15, 0.2) is 0 Å². The van der Waals surface area contributed by atoms with Crippen molar-refractivity contribution < 1.29 is 27.8 Å². The summed E-state index contributed by atoms with van der Waals surface area (Å²) in [6.45, 7) is 0. The normalized spacial score (nSPS) is 11.5. The van der Waals surface area contributed by atoms with Gasteiger partial charge in [-0.15, -0.1) is 0 Å². The number of nitrogens with one attached hydrogen (secondary N) is 1. The average Bonchev–Trinajstić information content (AvgIpc) is 2.86. The molecule has 0 aliphatic heterocycles. The smallest absolute Gasteiger partial charge is 0.337 e. The summed E-state index contributed by atoms with van der Waals surface area (Å²) in [6, 6.07) is 24.9. The molecule has 4 aromatic rings. The molecule has 35 heavy (non-hydrogen) atoms. The van der Waals surface area contributed by atoms with Crippen LogP contribution in [-0.2, 0) is 11.3 Å². The molecule has 0 saturated carbocycles. The molecule has 9 heteroatoms. The van der Waals surface area contributed by atoms with Crippen LogP contribution in [0.15, 0.2) is 97.1 Å². The standard InChI is InChI=1S/C26H19FN2O5S/c27-20-9-13-22(14-10-20)29(35(33)34)24-16-19(8-15-23(24)26(31)32)25(30)28-21-11-6-18(7-12-21)17-4-2-1-3-5-17/h1-16H,(H,28,30)(H,31,32)(H,33,34)/p-1. The average molecular weight is 490 g/mol. The molecule has 1 unspecified atom stereocenters. The third kappa shape index (κ3) is 5.43. The quantitative estimate of drug-likeness (QED) is 0.339. The second-order valence-corrected chi connectivity index (χ2v) is 8.22. The number of amides is 1. The molecule has 0 spiro atoms. The summed E-state index contributed by atoms with van der Waals surface area (Å²) in [6.07, 6.45) is 0. The lowest BCUT2D eigenvalue weighted by Gasteiger charge is -2.28. The first-order valence-corrected chi connectivity index (χ1v) is 11.4. The zero-order chi connectivity index (χ0) is 24.9. The number of anilines is 3. The maximum absolute atomic E-state index is 13.3. The first-order chi connectivity index (χ1) is 16.8. The number of benzene rings is 4. The second kappa shape index (κ2) is 10.3.